The second kappa shape index (κ2) is 9.14. The van der Waals surface area contributed by atoms with Crippen LogP contribution in [0, 0.1) is 5.82 Å². The first-order valence-electron chi connectivity index (χ1n) is 10.3. The number of alkyl halides is 1. The lowest BCUT2D eigenvalue weighted by Gasteiger charge is -2.33. The summed E-state index contributed by atoms with van der Waals surface area (Å²) in [7, 11) is 0. The number of nitrogens with zero attached hydrogens (tertiary/aromatic N) is 3. The summed E-state index contributed by atoms with van der Waals surface area (Å²) in [6.45, 7) is 0. The van der Waals surface area contributed by atoms with Gasteiger partial charge in [-0.15, -0.1) is 0 Å². The average Bonchev–Trinajstić information content (AvgIpc) is 3.27. The number of hydrogen-bond acceptors (Lipinski definition) is 4. The summed E-state index contributed by atoms with van der Waals surface area (Å²) in [5, 5.41) is 9.30. The molecule has 1 aliphatic heterocycles. The van der Waals surface area contributed by atoms with E-state index in [0.717, 1.165) is 16.8 Å². The molecule has 1 atom stereocenters. The number of H-pyrrole nitrogens is 1. The average molecular weight is 551 g/mol. The van der Waals surface area contributed by atoms with Crippen LogP contribution in [0.25, 0.3) is 11.3 Å². The number of amidine groups is 1. The Morgan fingerprint density at radius 3 is 2.36 bits per heavy atom. The SMILES string of the molecule is O=C(NN1C(Cc2ccccc2)=Nc2c(-c3ccc(F)cc3)n[nH]c2C1I)c1ccccc1. The van der Waals surface area contributed by atoms with Gasteiger partial charge in [0.2, 0.25) is 0 Å². The topological polar surface area (TPSA) is 73.4 Å². The standard InChI is InChI=1S/C25H19FIN5O/c26-19-13-11-17(12-14-19)21-22-23(30-29-21)24(27)32(31-25(33)18-9-5-2-6-10-18)20(28-22)15-16-7-3-1-4-8-16/h1-14,24H,15H2,(H,29,30)(H,31,33). The molecule has 1 aromatic heterocycles. The minimum Gasteiger partial charge on any atom is -0.277 e. The summed E-state index contributed by atoms with van der Waals surface area (Å²) in [5.41, 5.74) is 7.50. The first-order valence-corrected chi connectivity index (χ1v) is 11.6. The molecule has 2 heterocycles. The van der Waals surface area contributed by atoms with Crippen molar-refractivity contribution in [3.05, 3.63) is 108 Å². The van der Waals surface area contributed by atoms with E-state index in [4.69, 9.17) is 4.99 Å². The molecule has 0 bridgehead atoms. The van der Waals surface area contributed by atoms with Gasteiger partial charge in [0, 0.05) is 17.5 Å². The highest BCUT2D eigenvalue weighted by atomic mass is 127. The number of carbonyl (C=O) groups excluding carboxylic acids is 1. The number of carbonyl (C=O) groups is 1. The fourth-order valence-corrected chi connectivity index (χ4v) is 4.56. The van der Waals surface area contributed by atoms with Crippen molar-refractivity contribution in [1.29, 1.82) is 0 Å². The molecule has 0 spiro atoms. The molecule has 2 N–H and O–H groups in total. The zero-order valence-corrected chi connectivity index (χ0v) is 19.5. The number of amides is 1. The summed E-state index contributed by atoms with van der Waals surface area (Å²) in [4.78, 5) is 17.9. The molecule has 8 heteroatoms. The number of hydrazine groups is 1. The van der Waals surface area contributed by atoms with Gasteiger partial charge >= 0.3 is 0 Å². The fourth-order valence-electron chi connectivity index (χ4n) is 3.67. The molecule has 0 saturated carbocycles. The van der Waals surface area contributed by atoms with E-state index in [1.807, 2.05) is 48.5 Å². The van der Waals surface area contributed by atoms with Gasteiger partial charge in [0.1, 0.15) is 27.1 Å². The molecule has 0 radical (unpaired) electrons. The number of aliphatic imine (C=N–C) groups is 1. The monoisotopic (exact) mass is 551 g/mol. The Hall–Kier alpha value is -3.53. The van der Waals surface area contributed by atoms with Gasteiger partial charge < -0.3 is 0 Å². The van der Waals surface area contributed by atoms with Crippen molar-refractivity contribution in [2.75, 3.05) is 0 Å². The van der Waals surface area contributed by atoms with Gasteiger partial charge in [-0.05, 0) is 64.6 Å². The summed E-state index contributed by atoms with van der Waals surface area (Å²) in [6.07, 6.45) is 0.517. The number of aromatic amines is 1. The van der Waals surface area contributed by atoms with E-state index in [2.05, 4.69) is 38.2 Å². The number of fused-ring (bicyclic) bond motifs is 1. The molecule has 1 amide bonds. The first-order chi connectivity index (χ1) is 16.1. The predicted octanol–water partition coefficient (Wildman–Crippen LogP) is 5.58. The third-order valence-corrected chi connectivity index (χ3v) is 6.51. The zero-order valence-electron chi connectivity index (χ0n) is 17.4. The maximum atomic E-state index is 13.4. The molecule has 6 nitrogen and oxygen atoms in total. The Morgan fingerprint density at radius 1 is 1.00 bits per heavy atom. The summed E-state index contributed by atoms with van der Waals surface area (Å²) in [6, 6.07) is 25.2. The van der Waals surface area contributed by atoms with Gasteiger partial charge in [0.15, 0.2) is 0 Å². The van der Waals surface area contributed by atoms with Crippen LogP contribution in [-0.4, -0.2) is 26.9 Å². The third-order valence-electron chi connectivity index (χ3n) is 5.33. The molecule has 164 valence electrons. The van der Waals surface area contributed by atoms with Crippen LogP contribution < -0.4 is 5.43 Å². The number of hydrogen-bond donors (Lipinski definition) is 2. The maximum Gasteiger partial charge on any atom is 0.269 e. The van der Waals surface area contributed by atoms with Crippen LogP contribution >= 0.6 is 22.6 Å². The predicted molar refractivity (Wildman–Crippen MR) is 134 cm³/mol. The van der Waals surface area contributed by atoms with Gasteiger partial charge in [-0.2, -0.15) is 5.10 Å². The van der Waals surface area contributed by atoms with Crippen molar-refractivity contribution < 1.29 is 9.18 Å². The first kappa shape index (κ1) is 21.3. The Balaban J connectivity index is 1.54. The summed E-state index contributed by atoms with van der Waals surface area (Å²) >= 11 is 2.26. The number of halogens is 2. The lowest BCUT2D eigenvalue weighted by Crippen LogP contribution is -2.48. The zero-order chi connectivity index (χ0) is 22.8. The van der Waals surface area contributed by atoms with Crippen molar-refractivity contribution >= 4 is 40.0 Å². The highest BCUT2D eigenvalue weighted by Crippen LogP contribution is 2.42. The largest absolute Gasteiger partial charge is 0.277 e. The van der Waals surface area contributed by atoms with E-state index in [9.17, 15) is 9.18 Å². The van der Waals surface area contributed by atoms with Gasteiger partial charge in [0.25, 0.3) is 5.91 Å². The smallest absolute Gasteiger partial charge is 0.269 e. The highest BCUT2D eigenvalue weighted by molar-refractivity contribution is 14.1. The molecular formula is C25H19FIN5O. The molecule has 3 aromatic carbocycles. The summed E-state index contributed by atoms with van der Waals surface area (Å²) < 4.78 is 13.2. The third kappa shape index (κ3) is 4.38. The minimum absolute atomic E-state index is 0.222. The Morgan fingerprint density at radius 2 is 1.67 bits per heavy atom. The Bertz CT molecular complexity index is 1310. The van der Waals surface area contributed by atoms with Crippen LogP contribution in [0.5, 0.6) is 0 Å². The van der Waals surface area contributed by atoms with Crippen molar-refractivity contribution in [1.82, 2.24) is 20.6 Å². The maximum absolute atomic E-state index is 13.4. The molecule has 5 rings (SSSR count). The number of nitrogens with one attached hydrogen (secondary N) is 2. The van der Waals surface area contributed by atoms with Gasteiger partial charge in [0.05, 0.1) is 5.69 Å². The summed E-state index contributed by atoms with van der Waals surface area (Å²) in [5.74, 6) is 0.153. The normalized spacial score (nSPS) is 15.0. The Labute approximate surface area is 203 Å². The van der Waals surface area contributed by atoms with E-state index in [1.54, 1.807) is 29.3 Å². The van der Waals surface area contributed by atoms with Gasteiger partial charge in [-0.1, -0.05) is 48.5 Å². The van der Waals surface area contributed by atoms with Crippen LogP contribution in [0.2, 0.25) is 0 Å². The second-order valence-electron chi connectivity index (χ2n) is 7.54. The van der Waals surface area contributed by atoms with Crippen molar-refractivity contribution in [2.45, 2.75) is 10.5 Å². The van der Waals surface area contributed by atoms with Crippen molar-refractivity contribution in [3.8, 4) is 11.3 Å². The quantitative estimate of drug-likeness (QED) is 0.193. The molecule has 4 aromatic rings. The molecule has 0 fully saturated rings. The molecule has 1 aliphatic rings. The van der Waals surface area contributed by atoms with Crippen molar-refractivity contribution in [3.63, 3.8) is 0 Å². The van der Waals surface area contributed by atoms with Crippen molar-refractivity contribution in [2.24, 2.45) is 4.99 Å². The molecular weight excluding hydrogens is 532 g/mol. The van der Waals surface area contributed by atoms with Crippen LogP contribution in [0.15, 0.2) is 89.9 Å². The number of rotatable bonds is 5. The van der Waals surface area contributed by atoms with E-state index >= 15 is 0 Å². The van der Waals surface area contributed by atoms with Gasteiger partial charge in [-0.3, -0.25) is 20.3 Å². The van der Waals surface area contributed by atoms with E-state index in [0.29, 0.717) is 29.2 Å². The molecule has 1 unspecified atom stereocenters. The van der Waals surface area contributed by atoms with E-state index in [-0.39, 0.29) is 15.8 Å². The molecule has 0 saturated heterocycles. The Kier molecular flexibility index (Phi) is 5.91. The van der Waals surface area contributed by atoms with Crippen LogP contribution in [0.4, 0.5) is 10.1 Å². The lowest BCUT2D eigenvalue weighted by molar-refractivity contribution is 0.0862. The number of benzene rings is 3. The molecule has 33 heavy (non-hydrogen) atoms. The molecule has 0 aliphatic carbocycles. The highest BCUT2D eigenvalue weighted by Gasteiger charge is 2.33. The van der Waals surface area contributed by atoms with Crippen LogP contribution in [0.1, 0.15) is 25.7 Å². The van der Waals surface area contributed by atoms with E-state index in [1.165, 1.54) is 12.1 Å². The fraction of sp³-hybridized carbons (Fsp3) is 0.0800. The lowest BCUT2D eigenvalue weighted by atomic mass is 10.1. The second-order valence-corrected chi connectivity index (χ2v) is 8.72. The number of aromatic nitrogens is 2. The van der Waals surface area contributed by atoms with Crippen LogP contribution in [0.3, 0.4) is 0 Å². The minimum atomic E-state index is -0.307. The van der Waals surface area contributed by atoms with Crippen LogP contribution in [-0.2, 0) is 6.42 Å². The van der Waals surface area contributed by atoms with E-state index < -0.39 is 0 Å². The van der Waals surface area contributed by atoms with Gasteiger partial charge in [-0.25, -0.2) is 9.38 Å².